The van der Waals surface area contributed by atoms with Crippen LogP contribution < -0.4 is 21.2 Å². The maximum atomic E-state index is 13.4. The first-order valence-corrected chi connectivity index (χ1v) is 19.8. The third-order valence-electron chi connectivity index (χ3n) is 10.4. The summed E-state index contributed by atoms with van der Waals surface area (Å²) >= 11 is 0. The summed E-state index contributed by atoms with van der Waals surface area (Å²) in [5.74, 6) is -0.758. The van der Waals surface area contributed by atoms with Gasteiger partial charge in [-0.3, -0.25) is 19.7 Å². The van der Waals surface area contributed by atoms with Crippen molar-refractivity contribution in [3.63, 3.8) is 0 Å². The van der Waals surface area contributed by atoms with Gasteiger partial charge >= 0.3 is 5.63 Å². The minimum atomic E-state index is -0.754. The summed E-state index contributed by atoms with van der Waals surface area (Å²) in [5.41, 5.74) is 11.9. The zero-order valence-electron chi connectivity index (χ0n) is 34.1. The van der Waals surface area contributed by atoms with Crippen molar-refractivity contribution in [1.82, 2.24) is 10.6 Å². The summed E-state index contributed by atoms with van der Waals surface area (Å²) in [5, 5.41) is 32.4. The van der Waals surface area contributed by atoms with Crippen LogP contribution in [0.4, 0.5) is 17.1 Å². The number of nitrogens with zero attached hydrogens (tertiary/aromatic N) is 6. The average Bonchev–Trinajstić information content (AvgIpc) is 3.42. The highest BCUT2D eigenvalue weighted by Crippen LogP contribution is 2.42. The predicted octanol–water partition coefficient (Wildman–Crippen LogP) is 7.62. The van der Waals surface area contributed by atoms with E-state index in [1.165, 1.54) is 18.2 Å². The molecule has 59 heavy (non-hydrogen) atoms. The summed E-state index contributed by atoms with van der Waals surface area (Å²) in [7, 11) is 0. The fourth-order valence-corrected chi connectivity index (χ4v) is 7.07. The number of carbonyl (C=O) groups excluding carboxylic acids is 2. The van der Waals surface area contributed by atoms with Crippen LogP contribution >= 0.6 is 0 Å². The summed E-state index contributed by atoms with van der Waals surface area (Å²) in [6.07, 6.45) is 4.80. The Morgan fingerprint density at radius 3 is 2.54 bits per heavy atom. The number of benzene rings is 3. The second-order valence-corrected chi connectivity index (χ2v) is 14.6. The first kappa shape index (κ1) is 43.6. The van der Waals surface area contributed by atoms with Gasteiger partial charge in [-0.05, 0) is 88.5 Å². The first-order chi connectivity index (χ1) is 28.3. The fraction of sp³-hybridized carbons (Fsp3) is 0.395. The molecule has 1 aromatic heterocycles. The van der Waals surface area contributed by atoms with E-state index in [1.807, 2.05) is 43.5 Å². The van der Waals surface area contributed by atoms with Crippen molar-refractivity contribution in [2.45, 2.75) is 78.5 Å². The Labute approximate surface area is 342 Å². The Morgan fingerprint density at radius 1 is 1.07 bits per heavy atom. The standard InChI is InChI=1S/C43H50N8O8/c1-6-9-22-58-40(47-48-44)19-18-39(53)45-20-21-46-41(54)29-11-15-35-34(25-29)43(4,5)38(50(35)27-31-24-33(51(56)57)14-16-36(31)52)17-12-30-23-28-10-13-32(49(7-2)8-3)26-37(28)59-42(30)55/h10-17,23-26,40H,6-9,18-22,27H2,1-5H3,(H2-,45,46,52,53,54)/p+1. The number of hydrogen-bond donors (Lipinski definition) is 3. The number of amides is 2. The number of nitrogens with one attached hydrogen (secondary N) is 2. The molecule has 1 atom stereocenters. The van der Waals surface area contributed by atoms with Gasteiger partial charge in [-0.2, -0.15) is 4.58 Å². The number of nitro benzene ring substituents is 1. The molecule has 0 saturated carbocycles. The Bertz CT molecular complexity index is 2380. The van der Waals surface area contributed by atoms with E-state index in [0.29, 0.717) is 40.3 Å². The second kappa shape index (κ2) is 19.8. The van der Waals surface area contributed by atoms with Crippen LogP contribution in [-0.4, -0.2) is 71.1 Å². The van der Waals surface area contributed by atoms with E-state index < -0.39 is 22.2 Å². The first-order valence-electron chi connectivity index (χ1n) is 19.8. The van der Waals surface area contributed by atoms with Gasteiger partial charge in [-0.15, -0.1) is 0 Å². The molecular weight excluding hydrogens is 757 g/mol. The van der Waals surface area contributed by atoms with Crippen LogP contribution in [0.15, 0.2) is 81.1 Å². The van der Waals surface area contributed by atoms with Crippen LogP contribution in [0, 0.1) is 10.1 Å². The van der Waals surface area contributed by atoms with Gasteiger partial charge in [0.15, 0.2) is 12.3 Å². The number of nitro groups is 1. The predicted molar refractivity (Wildman–Crippen MR) is 226 cm³/mol. The SMILES string of the molecule is CCCCOC(CCC(=O)NCCNC(=O)c1ccc2c(c1)C(C)(C)C(/C=C/c1cc3ccc(N(CC)CC)cc3oc1=O)=[N+]2Cc1cc([N+](=O)[O-])ccc1O)N=[N+]=[N-]. The number of unbranched alkanes of at least 4 members (excludes halogenated alkanes) is 1. The number of carbonyl (C=O) groups is 2. The number of phenolic OH excluding ortho intramolecular Hbond substituents is 1. The van der Waals surface area contributed by atoms with Gasteiger partial charge in [0.1, 0.15) is 17.6 Å². The van der Waals surface area contributed by atoms with E-state index in [2.05, 4.69) is 39.4 Å². The third kappa shape index (κ3) is 10.5. The van der Waals surface area contributed by atoms with Crippen molar-refractivity contribution in [2.24, 2.45) is 5.11 Å². The number of azide groups is 1. The smallest absolute Gasteiger partial charge is 0.343 e. The number of aromatic hydroxyl groups is 1. The molecule has 0 saturated heterocycles. The lowest BCUT2D eigenvalue weighted by Crippen LogP contribution is -2.35. The summed E-state index contributed by atoms with van der Waals surface area (Å²) in [4.78, 5) is 55.2. The lowest BCUT2D eigenvalue weighted by Gasteiger charge is -2.20. The largest absolute Gasteiger partial charge is 0.507 e. The van der Waals surface area contributed by atoms with Gasteiger partial charge in [-0.1, -0.05) is 18.5 Å². The third-order valence-corrected chi connectivity index (χ3v) is 10.4. The van der Waals surface area contributed by atoms with Crippen LogP contribution in [0.5, 0.6) is 5.75 Å². The summed E-state index contributed by atoms with van der Waals surface area (Å²) < 4.78 is 13.2. The van der Waals surface area contributed by atoms with Crippen LogP contribution in [0.3, 0.4) is 0 Å². The molecule has 16 nitrogen and oxygen atoms in total. The topological polar surface area (TPSA) is 216 Å². The molecule has 5 rings (SSSR count). The zero-order chi connectivity index (χ0) is 42.7. The van der Waals surface area contributed by atoms with Crippen molar-refractivity contribution in [2.75, 3.05) is 37.7 Å². The molecular formula is C43H51N8O8+. The average molecular weight is 808 g/mol. The van der Waals surface area contributed by atoms with Gasteiger partial charge < -0.3 is 29.8 Å². The van der Waals surface area contributed by atoms with Crippen LogP contribution in [0.25, 0.3) is 27.5 Å². The molecule has 2 amide bonds. The van der Waals surface area contributed by atoms with Crippen LogP contribution in [0.2, 0.25) is 0 Å². The maximum absolute atomic E-state index is 13.4. The minimum Gasteiger partial charge on any atom is -0.507 e. The molecule has 1 aliphatic rings. The molecule has 2 heterocycles. The number of anilines is 1. The van der Waals surface area contributed by atoms with Crippen molar-refractivity contribution in [3.8, 4) is 5.75 Å². The molecule has 3 N–H and O–H groups in total. The highest BCUT2D eigenvalue weighted by molar-refractivity contribution is 6.06. The number of non-ortho nitro benzene ring substituents is 1. The molecule has 3 aromatic carbocycles. The summed E-state index contributed by atoms with van der Waals surface area (Å²) in [6, 6.07) is 16.6. The number of hydrogen-bond acceptors (Lipinski definition) is 10. The number of fused-ring (bicyclic) bond motifs is 2. The Morgan fingerprint density at radius 2 is 1.83 bits per heavy atom. The van der Waals surface area contributed by atoms with E-state index in [1.54, 1.807) is 36.4 Å². The Balaban J connectivity index is 1.37. The van der Waals surface area contributed by atoms with E-state index in [4.69, 9.17) is 14.7 Å². The van der Waals surface area contributed by atoms with E-state index in [0.717, 1.165) is 42.6 Å². The highest BCUT2D eigenvalue weighted by atomic mass is 16.6. The normalized spacial score (nSPS) is 13.6. The molecule has 1 unspecified atom stereocenters. The molecule has 0 radical (unpaired) electrons. The lowest BCUT2D eigenvalue weighted by atomic mass is 9.80. The second-order valence-electron chi connectivity index (χ2n) is 14.6. The van der Waals surface area contributed by atoms with E-state index in [-0.39, 0.29) is 55.7 Å². The van der Waals surface area contributed by atoms with Crippen LogP contribution in [0.1, 0.15) is 87.4 Å². The van der Waals surface area contributed by atoms with Crippen molar-refractivity contribution in [1.29, 1.82) is 0 Å². The highest BCUT2D eigenvalue weighted by Gasteiger charge is 2.45. The molecule has 310 valence electrons. The maximum Gasteiger partial charge on any atom is 0.343 e. The van der Waals surface area contributed by atoms with Crippen molar-refractivity contribution < 1.29 is 33.3 Å². The van der Waals surface area contributed by atoms with Gasteiger partial charge in [0.25, 0.3) is 11.6 Å². The van der Waals surface area contributed by atoms with Gasteiger partial charge in [-0.25, -0.2) is 4.79 Å². The quantitative estimate of drug-likeness (QED) is 0.0117. The summed E-state index contributed by atoms with van der Waals surface area (Å²) in [6.45, 7) is 12.5. The van der Waals surface area contributed by atoms with Crippen LogP contribution in [-0.2, 0) is 21.5 Å². The Kier molecular flexibility index (Phi) is 14.6. The van der Waals surface area contributed by atoms with Gasteiger partial charge in [0, 0.05) is 96.7 Å². The number of rotatable bonds is 20. The monoisotopic (exact) mass is 807 g/mol. The van der Waals surface area contributed by atoms with E-state index >= 15 is 0 Å². The molecule has 0 bridgehead atoms. The number of ether oxygens (including phenoxy) is 1. The zero-order valence-corrected chi connectivity index (χ0v) is 34.1. The van der Waals surface area contributed by atoms with E-state index in [9.17, 15) is 29.6 Å². The van der Waals surface area contributed by atoms with Gasteiger partial charge in [0.05, 0.1) is 21.5 Å². The molecule has 0 fully saturated rings. The molecule has 1 aliphatic heterocycles. The van der Waals surface area contributed by atoms with Crippen molar-refractivity contribution >= 4 is 51.6 Å². The molecule has 4 aromatic rings. The minimum absolute atomic E-state index is 0.0454. The number of allylic oxidation sites excluding steroid dienone is 1. The number of phenols is 1. The Hall–Kier alpha value is -6.51. The molecule has 0 spiro atoms. The molecule has 0 aliphatic carbocycles. The van der Waals surface area contributed by atoms with Gasteiger partial charge in [0.2, 0.25) is 11.6 Å². The fourth-order valence-electron chi connectivity index (χ4n) is 7.07. The lowest BCUT2D eigenvalue weighted by molar-refractivity contribution is -0.455. The molecule has 16 heteroatoms. The van der Waals surface area contributed by atoms with Crippen molar-refractivity contribution in [3.05, 3.63) is 120 Å².